The van der Waals surface area contributed by atoms with Crippen molar-refractivity contribution < 1.29 is 9.59 Å². The molecule has 5 aromatic heterocycles. The second-order valence-corrected chi connectivity index (χ2v) is 11.3. The van der Waals surface area contributed by atoms with Gasteiger partial charge in [-0.2, -0.15) is 0 Å². The Morgan fingerprint density at radius 1 is 0.763 bits per heavy atom. The van der Waals surface area contributed by atoms with Gasteiger partial charge in [0.15, 0.2) is 16.2 Å². The summed E-state index contributed by atoms with van der Waals surface area (Å²) in [7, 11) is 0. The SMILES string of the molecule is O=Cc1ccc(-c2nc3sccn3c2Br)cc1.O=Cc1ccccc1-c1nc2sccn2c1-c1nccs1. The summed E-state index contributed by atoms with van der Waals surface area (Å²) >= 11 is 8.26. The molecule has 0 atom stereocenters. The number of rotatable bonds is 5. The van der Waals surface area contributed by atoms with Gasteiger partial charge in [-0.25, -0.2) is 15.0 Å². The maximum Gasteiger partial charge on any atom is 0.195 e. The lowest BCUT2D eigenvalue weighted by molar-refractivity contribution is 0.111. The number of hydrogen-bond acceptors (Lipinski definition) is 8. The first-order valence-corrected chi connectivity index (χ1v) is 14.7. The van der Waals surface area contributed by atoms with Crippen LogP contribution in [0.2, 0.25) is 0 Å². The Bertz CT molecular complexity index is 1880. The van der Waals surface area contributed by atoms with Crippen LogP contribution in [0.1, 0.15) is 20.7 Å². The molecule has 7 nitrogen and oxygen atoms in total. The van der Waals surface area contributed by atoms with Gasteiger partial charge in [0.05, 0.1) is 0 Å². The zero-order valence-electron chi connectivity index (χ0n) is 19.4. The number of aromatic nitrogens is 5. The van der Waals surface area contributed by atoms with Crippen LogP contribution in [0.4, 0.5) is 0 Å². The van der Waals surface area contributed by atoms with Crippen molar-refractivity contribution in [3.63, 3.8) is 0 Å². The first kappa shape index (κ1) is 24.6. The number of imidazole rings is 2. The van der Waals surface area contributed by atoms with E-state index in [9.17, 15) is 9.59 Å². The van der Waals surface area contributed by atoms with E-state index in [-0.39, 0.29) is 0 Å². The predicted molar refractivity (Wildman–Crippen MR) is 157 cm³/mol. The minimum Gasteiger partial charge on any atom is -0.298 e. The van der Waals surface area contributed by atoms with Gasteiger partial charge in [0.25, 0.3) is 0 Å². The van der Waals surface area contributed by atoms with Crippen LogP contribution >= 0.6 is 49.9 Å². The number of fused-ring (bicyclic) bond motifs is 2. The number of aldehydes is 2. The highest BCUT2D eigenvalue weighted by molar-refractivity contribution is 9.10. The predicted octanol–water partition coefficient (Wildman–Crippen LogP) is 7.64. The van der Waals surface area contributed by atoms with E-state index in [4.69, 9.17) is 4.98 Å². The number of hydrogen-bond donors (Lipinski definition) is 0. The molecule has 0 aliphatic carbocycles. The van der Waals surface area contributed by atoms with E-state index in [0.717, 1.165) is 60.3 Å². The lowest BCUT2D eigenvalue weighted by atomic mass is 10.0. The summed E-state index contributed by atoms with van der Waals surface area (Å²) in [6, 6.07) is 14.9. The molecule has 186 valence electrons. The van der Waals surface area contributed by atoms with Crippen LogP contribution in [0.5, 0.6) is 0 Å². The minimum atomic E-state index is 0.640. The third kappa shape index (κ3) is 4.43. The lowest BCUT2D eigenvalue weighted by Gasteiger charge is -2.04. The van der Waals surface area contributed by atoms with Gasteiger partial charge in [0.2, 0.25) is 0 Å². The molecule has 0 aliphatic heterocycles. The molecule has 0 bridgehead atoms. The van der Waals surface area contributed by atoms with Gasteiger partial charge in [-0.3, -0.25) is 18.4 Å². The van der Waals surface area contributed by atoms with E-state index in [0.29, 0.717) is 11.1 Å². The highest BCUT2D eigenvalue weighted by Gasteiger charge is 2.20. The number of benzene rings is 2. The maximum absolute atomic E-state index is 11.3. The molecule has 38 heavy (non-hydrogen) atoms. The molecular formula is C27H16BrN5O2S3. The van der Waals surface area contributed by atoms with Gasteiger partial charge in [0.1, 0.15) is 33.0 Å². The van der Waals surface area contributed by atoms with Crippen LogP contribution < -0.4 is 0 Å². The topological polar surface area (TPSA) is 81.6 Å². The van der Waals surface area contributed by atoms with Crippen LogP contribution in [0, 0.1) is 0 Å². The fraction of sp³-hybridized carbons (Fsp3) is 0. The number of halogens is 1. The van der Waals surface area contributed by atoms with Crippen molar-refractivity contribution in [2.45, 2.75) is 0 Å². The molecule has 0 saturated heterocycles. The third-order valence-corrected chi connectivity index (χ3v) is 8.81. The first-order chi connectivity index (χ1) is 18.7. The van der Waals surface area contributed by atoms with Crippen molar-refractivity contribution in [2.75, 3.05) is 0 Å². The summed E-state index contributed by atoms with van der Waals surface area (Å²) in [5, 5.41) is 6.83. The smallest absolute Gasteiger partial charge is 0.195 e. The average Bonchev–Trinajstić information content (AvgIpc) is 3.78. The van der Waals surface area contributed by atoms with Crippen molar-refractivity contribution in [2.24, 2.45) is 0 Å². The highest BCUT2D eigenvalue weighted by Crippen LogP contribution is 2.36. The van der Waals surface area contributed by atoms with Gasteiger partial charge in [0, 0.05) is 57.0 Å². The molecule has 0 saturated carbocycles. The molecule has 0 fully saturated rings. The molecule has 7 rings (SSSR count). The summed E-state index contributed by atoms with van der Waals surface area (Å²) in [6.45, 7) is 0. The van der Waals surface area contributed by atoms with Gasteiger partial charge in [-0.15, -0.1) is 34.0 Å². The Morgan fingerprint density at radius 3 is 2.16 bits per heavy atom. The van der Waals surface area contributed by atoms with Crippen LogP contribution in [0.3, 0.4) is 0 Å². The van der Waals surface area contributed by atoms with Crippen LogP contribution in [-0.2, 0) is 0 Å². The van der Waals surface area contributed by atoms with Crippen molar-refractivity contribution in [3.8, 4) is 33.2 Å². The number of nitrogens with zero attached hydrogens (tertiary/aromatic N) is 5. The van der Waals surface area contributed by atoms with E-state index in [1.165, 1.54) is 0 Å². The third-order valence-electron chi connectivity index (χ3n) is 5.76. The zero-order chi connectivity index (χ0) is 26.1. The number of carbonyl (C=O) groups is 2. The minimum absolute atomic E-state index is 0.640. The van der Waals surface area contributed by atoms with E-state index < -0.39 is 0 Å². The van der Waals surface area contributed by atoms with E-state index in [2.05, 4.69) is 25.9 Å². The molecule has 5 heterocycles. The number of thiazole rings is 3. The standard InChI is InChI=1S/C15H9N3OS2.C12H7BrN2OS/c19-9-10-3-1-2-4-11(10)12-13(14-16-5-7-20-14)18-6-8-21-15(18)17-12;13-11-10(14-12-15(11)5-6-17-12)9-3-1-8(7-16)2-4-9/h1-9H;1-7H. The molecule has 0 amide bonds. The van der Waals surface area contributed by atoms with Gasteiger partial charge in [-0.05, 0) is 15.9 Å². The molecule has 0 unspecified atom stereocenters. The Kier molecular flexibility index (Phi) is 6.81. The number of carbonyl (C=O) groups excluding carboxylic acids is 2. The fourth-order valence-corrected chi connectivity index (χ4v) is 6.82. The molecule has 11 heteroatoms. The van der Waals surface area contributed by atoms with E-state index in [1.807, 2.05) is 67.7 Å². The summed E-state index contributed by atoms with van der Waals surface area (Å²) in [5.74, 6) is 0. The lowest BCUT2D eigenvalue weighted by Crippen LogP contribution is -1.91. The fourth-order valence-electron chi connectivity index (χ4n) is 4.00. The molecule has 0 aliphatic rings. The van der Waals surface area contributed by atoms with Crippen molar-refractivity contribution in [3.05, 3.63) is 99.0 Å². The van der Waals surface area contributed by atoms with E-state index in [1.54, 1.807) is 58.4 Å². The average molecular weight is 619 g/mol. The molecule has 0 N–H and O–H groups in total. The first-order valence-electron chi connectivity index (χ1n) is 11.2. The summed E-state index contributed by atoms with van der Waals surface area (Å²) in [5.41, 5.74) is 5.79. The maximum atomic E-state index is 11.3. The largest absolute Gasteiger partial charge is 0.298 e. The molecule has 7 aromatic rings. The quantitative estimate of drug-likeness (QED) is 0.185. The van der Waals surface area contributed by atoms with E-state index >= 15 is 0 Å². The van der Waals surface area contributed by atoms with Crippen molar-refractivity contribution in [1.82, 2.24) is 23.8 Å². The Hall–Kier alpha value is -3.77. The molecule has 0 spiro atoms. The summed E-state index contributed by atoms with van der Waals surface area (Å²) < 4.78 is 4.96. The molecule has 2 aromatic carbocycles. The van der Waals surface area contributed by atoms with Crippen molar-refractivity contribution >= 4 is 72.4 Å². The second kappa shape index (κ2) is 10.5. The summed E-state index contributed by atoms with van der Waals surface area (Å²) in [4.78, 5) is 37.4. The Labute approximate surface area is 236 Å². The highest BCUT2D eigenvalue weighted by atomic mass is 79.9. The normalized spacial score (nSPS) is 11.0. The molecule has 0 radical (unpaired) electrons. The zero-order valence-corrected chi connectivity index (χ0v) is 23.4. The second-order valence-electron chi connectivity index (χ2n) is 7.95. The molecular weight excluding hydrogens is 602 g/mol. The monoisotopic (exact) mass is 617 g/mol. The van der Waals surface area contributed by atoms with Crippen LogP contribution in [-0.4, -0.2) is 36.3 Å². The summed E-state index contributed by atoms with van der Waals surface area (Å²) in [6.07, 6.45) is 7.44. The van der Waals surface area contributed by atoms with Gasteiger partial charge in [-0.1, -0.05) is 48.5 Å². The van der Waals surface area contributed by atoms with Crippen LogP contribution in [0.15, 0.2) is 87.9 Å². The van der Waals surface area contributed by atoms with Crippen LogP contribution in [0.25, 0.3) is 43.1 Å². The Balaban J connectivity index is 0.000000142. The Morgan fingerprint density at radius 2 is 1.47 bits per heavy atom. The van der Waals surface area contributed by atoms with Gasteiger partial charge >= 0.3 is 0 Å². The van der Waals surface area contributed by atoms with Gasteiger partial charge < -0.3 is 0 Å². The van der Waals surface area contributed by atoms with Crippen molar-refractivity contribution in [1.29, 1.82) is 0 Å².